The Morgan fingerprint density at radius 3 is 2.63 bits per heavy atom. The van der Waals surface area contributed by atoms with Crippen LogP contribution >= 0.6 is 0 Å². The van der Waals surface area contributed by atoms with E-state index in [9.17, 15) is 23.0 Å². The molecule has 1 aromatic heterocycles. The van der Waals surface area contributed by atoms with Gasteiger partial charge in [-0.1, -0.05) is 30.3 Å². The number of methoxy groups -OCH3 is 1. The average Bonchev–Trinajstić information content (AvgIpc) is 2.73. The summed E-state index contributed by atoms with van der Waals surface area (Å²) in [4.78, 5) is 18.4. The molecule has 0 unspecified atom stereocenters. The minimum atomic E-state index is -4.49. The van der Waals surface area contributed by atoms with Crippen LogP contribution in [0.3, 0.4) is 0 Å². The summed E-state index contributed by atoms with van der Waals surface area (Å²) < 4.78 is 37.2. The minimum absolute atomic E-state index is 0.0161. The Morgan fingerprint density at radius 2 is 2.00 bits per heavy atom. The van der Waals surface area contributed by atoms with E-state index in [0.29, 0.717) is 11.1 Å². The lowest BCUT2D eigenvalue weighted by atomic mass is 10.1. The zero-order chi connectivity index (χ0) is 21.7. The second-order valence-corrected chi connectivity index (χ2v) is 7.26. The van der Waals surface area contributed by atoms with Crippen LogP contribution in [0.2, 0.25) is 0 Å². The zero-order valence-corrected chi connectivity index (χ0v) is 16.3. The molecule has 0 saturated heterocycles. The molecular weight excluding hydrogens is 410 g/mol. The summed E-state index contributed by atoms with van der Waals surface area (Å²) in [6.07, 6.45) is 1.26. The number of hydrogen-bond donors (Lipinski definition) is 3. The summed E-state index contributed by atoms with van der Waals surface area (Å²) in [7, 11) is -3.22. The van der Waals surface area contributed by atoms with Crippen molar-refractivity contribution in [1.82, 2.24) is 9.97 Å². The highest BCUT2D eigenvalue weighted by atomic mass is 32.2. The van der Waals surface area contributed by atoms with Crippen LogP contribution in [-0.4, -0.2) is 36.3 Å². The Kier molecular flexibility index (Phi) is 5.91. The highest BCUT2D eigenvalue weighted by Gasteiger charge is 2.17. The summed E-state index contributed by atoms with van der Waals surface area (Å²) in [5.74, 6) is -0.0363. The van der Waals surface area contributed by atoms with Crippen molar-refractivity contribution in [3.05, 3.63) is 70.0 Å². The molecule has 0 aliphatic carbocycles. The molecule has 0 radical (unpaired) electrons. The third-order valence-corrected chi connectivity index (χ3v) is 4.80. The van der Waals surface area contributed by atoms with Gasteiger partial charge in [0.25, 0.3) is 15.7 Å². The molecular formula is C19H15N5O5S. The smallest absolute Gasteiger partial charge is 0.298 e. The van der Waals surface area contributed by atoms with Gasteiger partial charge >= 0.3 is 0 Å². The minimum Gasteiger partial charge on any atom is -0.495 e. The van der Waals surface area contributed by atoms with Crippen molar-refractivity contribution in [2.24, 2.45) is 5.10 Å². The maximum atomic E-state index is 12.2. The molecule has 152 valence electrons. The number of benzene rings is 2. The third-order valence-electron chi connectivity index (χ3n) is 3.93. The van der Waals surface area contributed by atoms with Crippen LogP contribution in [0.4, 0.5) is 5.95 Å². The SMILES string of the molecule is COc1ccc(C=NNc2nc(-c3ccccc3)c(C#N)c(=O)[nH]2)cc1S(=O)(=O)O. The molecule has 0 saturated carbocycles. The molecule has 0 bridgehead atoms. The summed E-state index contributed by atoms with van der Waals surface area (Å²) in [6.45, 7) is 0. The van der Waals surface area contributed by atoms with Gasteiger partial charge in [-0.05, 0) is 23.8 Å². The lowest BCUT2D eigenvalue weighted by Crippen LogP contribution is -2.16. The molecule has 30 heavy (non-hydrogen) atoms. The number of anilines is 1. The fourth-order valence-electron chi connectivity index (χ4n) is 2.58. The largest absolute Gasteiger partial charge is 0.495 e. The number of rotatable bonds is 6. The number of aromatic amines is 1. The highest BCUT2D eigenvalue weighted by molar-refractivity contribution is 7.86. The van der Waals surface area contributed by atoms with Crippen molar-refractivity contribution in [2.75, 3.05) is 12.5 Å². The van der Waals surface area contributed by atoms with Gasteiger partial charge in [0.1, 0.15) is 22.3 Å². The second-order valence-electron chi connectivity index (χ2n) is 5.87. The quantitative estimate of drug-likeness (QED) is 0.307. The van der Waals surface area contributed by atoms with Gasteiger partial charge in [0.05, 0.1) is 19.0 Å². The van der Waals surface area contributed by atoms with Crippen molar-refractivity contribution in [3.8, 4) is 23.1 Å². The van der Waals surface area contributed by atoms with Crippen LogP contribution in [0.25, 0.3) is 11.3 Å². The molecule has 0 amide bonds. The van der Waals surface area contributed by atoms with Gasteiger partial charge in [-0.25, -0.2) is 10.4 Å². The first-order valence-electron chi connectivity index (χ1n) is 8.38. The maximum absolute atomic E-state index is 12.2. The van der Waals surface area contributed by atoms with Gasteiger partial charge < -0.3 is 4.74 Å². The van der Waals surface area contributed by atoms with Crippen molar-refractivity contribution >= 4 is 22.3 Å². The van der Waals surface area contributed by atoms with E-state index in [1.807, 2.05) is 6.07 Å². The van der Waals surface area contributed by atoms with Crippen LogP contribution in [0.5, 0.6) is 5.75 Å². The summed E-state index contributed by atoms with van der Waals surface area (Å²) in [5.41, 5.74) is 2.86. The van der Waals surface area contributed by atoms with E-state index in [4.69, 9.17) is 4.74 Å². The first kappa shape index (κ1) is 20.7. The average molecular weight is 425 g/mol. The number of ether oxygens (including phenoxy) is 1. The first-order valence-corrected chi connectivity index (χ1v) is 9.82. The third kappa shape index (κ3) is 4.52. The van der Waals surface area contributed by atoms with Crippen LogP contribution in [-0.2, 0) is 10.1 Å². The Balaban J connectivity index is 1.92. The fourth-order valence-corrected chi connectivity index (χ4v) is 3.27. The van der Waals surface area contributed by atoms with Crippen molar-refractivity contribution in [2.45, 2.75) is 4.90 Å². The van der Waals surface area contributed by atoms with E-state index in [-0.39, 0.29) is 23.0 Å². The summed E-state index contributed by atoms with van der Waals surface area (Å²) in [6, 6.07) is 14.6. The highest BCUT2D eigenvalue weighted by Crippen LogP contribution is 2.24. The zero-order valence-electron chi connectivity index (χ0n) is 15.5. The van der Waals surface area contributed by atoms with Gasteiger partial charge in [0.2, 0.25) is 5.95 Å². The summed E-state index contributed by atoms with van der Waals surface area (Å²) >= 11 is 0. The lowest BCUT2D eigenvalue weighted by Gasteiger charge is -2.07. The van der Waals surface area contributed by atoms with Crippen molar-refractivity contribution in [3.63, 3.8) is 0 Å². The molecule has 10 nitrogen and oxygen atoms in total. The van der Waals surface area contributed by atoms with Crippen LogP contribution < -0.4 is 15.7 Å². The number of H-pyrrole nitrogens is 1. The van der Waals surface area contributed by atoms with E-state index >= 15 is 0 Å². The Bertz CT molecular complexity index is 1310. The molecule has 3 N–H and O–H groups in total. The monoisotopic (exact) mass is 425 g/mol. The molecule has 0 atom stereocenters. The van der Waals surface area contributed by atoms with Gasteiger partial charge in [0.15, 0.2) is 0 Å². The number of hydrogen-bond acceptors (Lipinski definition) is 8. The van der Waals surface area contributed by atoms with E-state index in [1.54, 1.807) is 30.3 Å². The molecule has 3 aromatic rings. The number of aromatic nitrogens is 2. The summed E-state index contributed by atoms with van der Waals surface area (Å²) in [5, 5.41) is 13.2. The number of nitrogens with zero attached hydrogens (tertiary/aromatic N) is 3. The molecule has 0 aliphatic rings. The molecule has 0 aliphatic heterocycles. The fraction of sp³-hybridized carbons (Fsp3) is 0.0526. The lowest BCUT2D eigenvalue weighted by molar-refractivity contribution is 0.397. The van der Waals surface area contributed by atoms with E-state index in [1.165, 1.54) is 31.5 Å². The number of nitriles is 1. The molecule has 0 fully saturated rings. The van der Waals surface area contributed by atoms with E-state index in [2.05, 4.69) is 20.5 Å². The second kappa shape index (κ2) is 8.56. The van der Waals surface area contributed by atoms with Crippen LogP contribution in [0, 0.1) is 11.3 Å². The first-order chi connectivity index (χ1) is 14.3. The van der Waals surface area contributed by atoms with Gasteiger partial charge in [0, 0.05) is 5.56 Å². The van der Waals surface area contributed by atoms with Crippen molar-refractivity contribution in [1.29, 1.82) is 5.26 Å². The maximum Gasteiger partial charge on any atom is 0.298 e. The standard InChI is InChI=1S/C19H15N5O5S/c1-29-15-8-7-12(9-16(15)30(26,27)28)11-21-24-19-22-17(13-5-3-2-4-6-13)14(10-20)18(25)23-19/h2-9,11H,1H3,(H,26,27,28)(H2,22,23,24,25). The van der Waals surface area contributed by atoms with Gasteiger partial charge in [-0.2, -0.15) is 18.8 Å². The number of hydrazone groups is 1. The van der Waals surface area contributed by atoms with Crippen molar-refractivity contribution < 1.29 is 17.7 Å². The molecule has 3 rings (SSSR count). The Hall–Kier alpha value is -4.01. The van der Waals surface area contributed by atoms with Gasteiger partial charge in [-0.15, -0.1) is 0 Å². The van der Waals surface area contributed by atoms with Gasteiger partial charge in [-0.3, -0.25) is 14.3 Å². The number of nitrogens with one attached hydrogen (secondary N) is 2. The van der Waals surface area contributed by atoms with Crippen LogP contribution in [0.15, 0.2) is 63.3 Å². The predicted octanol–water partition coefficient (Wildman–Crippen LogP) is 2.01. The topological polar surface area (TPSA) is 158 Å². The molecule has 2 aromatic carbocycles. The molecule has 1 heterocycles. The van der Waals surface area contributed by atoms with E-state index < -0.39 is 20.6 Å². The Morgan fingerprint density at radius 1 is 1.27 bits per heavy atom. The molecule has 0 spiro atoms. The molecule has 11 heteroatoms. The predicted molar refractivity (Wildman–Crippen MR) is 109 cm³/mol. The normalized spacial score (nSPS) is 11.2. The van der Waals surface area contributed by atoms with Crippen LogP contribution in [0.1, 0.15) is 11.1 Å². The van der Waals surface area contributed by atoms with E-state index in [0.717, 1.165) is 0 Å². The Labute approximate surface area is 171 Å².